The molecule has 0 saturated carbocycles. The molecule has 2 heterocycles. The van der Waals surface area contributed by atoms with E-state index in [2.05, 4.69) is 38.6 Å². The average Bonchev–Trinajstić information content (AvgIpc) is 2.46. The molecule has 0 radical (unpaired) electrons. The molecule has 1 aromatic heterocycles. The molecule has 2 N–H and O–H groups in total. The van der Waals surface area contributed by atoms with E-state index < -0.39 is 0 Å². The number of hydrogen-bond donors (Lipinski definition) is 1. The Morgan fingerprint density at radius 3 is 2.35 bits per heavy atom. The molecule has 0 spiro atoms. The lowest BCUT2D eigenvalue weighted by Crippen LogP contribution is -2.50. The number of piperazine rings is 1. The maximum Gasteiger partial charge on any atom is 0.232 e. The SMILES string of the molecule is CCC(C)N1CCN(c2nc(N)nc(N(C)C)n2)CC1. The van der Waals surface area contributed by atoms with Crippen molar-refractivity contribution in [2.45, 2.75) is 26.3 Å². The number of hydrogen-bond acceptors (Lipinski definition) is 7. The highest BCUT2D eigenvalue weighted by atomic mass is 15.4. The summed E-state index contributed by atoms with van der Waals surface area (Å²) in [7, 11) is 3.80. The van der Waals surface area contributed by atoms with Gasteiger partial charge < -0.3 is 15.5 Å². The number of nitrogens with two attached hydrogens (primary N) is 1. The van der Waals surface area contributed by atoms with Gasteiger partial charge in [-0.2, -0.15) is 15.0 Å². The molecule has 1 aliphatic heterocycles. The number of rotatable bonds is 4. The van der Waals surface area contributed by atoms with Crippen LogP contribution in [0.1, 0.15) is 20.3 Å². The van der Waals surface area contributed by atoms with Gasteiger partial charge in [-0.25, -0.2) is 0 Å². The zero-order valence-electron chi connectivity index (χ0n) is 12.9. The largest absolute Gasteiger partial charge is 0.368 e. The number of nitrogen functional groups attached to an aromatic ring is 1. The summed E-state index contributed by atoms with van der Waals surface area (Å²) in [6.45, 7) is 8.45. The molecule has 1 aromatic rings. The van der Waals surface area contributed by atoms with E-state index in [1.807, 2.05) is 19.0 Å². The molecule has 0 bridgehead atoms. The van der Waals surface area contributed by atoms with Crippen LogP contribution in [0.5, 0.6) is 0 Å². The summed E-state index contributed by atoms with van der Waals surface area (Å²) in [5.74, 6) is 1.57. The van der Waals surface area contributed by atoms with E-state index in [1.165, 1.54) is 6.42 Å². The molecule has 1 saturated heterocycles. The zero-order valence-corrected chi connectivity index (χ0v) is 12.9. The van der Waals surface area contributed by atoms with Crippen molar-refractivity contribution < 1.29 is 0 Å². The van der Waals surface area contributed by atoms with Crippen molar-refractivity contribution in [1.29, 1.82) is 0 Å². The molecule has 1 aliphatic rings. The monoisotopic (exact) mass is 279 g/mol. The summed E-state index contributed by atoms with van der Waals surface area (Å²) in [5.41, 5.74) is 5.77. The summed E-state index contributed by atoms with van der Waals surface area (Å²) in [6.07, 6.45) is 1.18. The molecule has 1 unspecified atom stereocenters. The van der Waals surface area contributed by atoms with Crippen molar-refractivity contribution in [1.82, 2.24) is 19.9 Å². The van der Waals surface area contributed by atoms with Gasteiger partial charge in [0, 0.05) is 46.3 Å². The van der Waals surface area contributed by atoms with Crippen molar-refractivity contribution in [3.8, 4) is 0 Å². The Labute approximate surface area is 120 Å². The van der Waals surface area contributed by atoms with E-state index in [0.717, 1.165) is 26.2 Å². The Morgan fingerprint density at radius 2 is 1.80 bits per heavy atom. The number of nitrogens with zero attached hydrogens (tertiary/aromatic N) is 6. The van der Waals surface area contributed by atoms with Crippen LogP contribution in [0, 0.1) is 0 Å². The van der Waals surface area contributed by atoms with Crippen LogP contribution in [0.2, 0.25) is 0 Å². The maximum atomic E-state index is 5.77. The van der Waals surface area contributed by atoms with Crippen LogP contribution < -0.4 is 15.5 Å². The van der Waals surface area contributed by atoms with E-state index in [9.17, 15) is 0 Å². The Balaban J connectivity index is 2.07. The fourth-order valence-electron chi connectivity index (χ4n) is 2.33. The lowest BCUT2D eigenvalue weighted by atomic mass is 10.2. The quantitative estimate of drug-likeness (QED) is 0.857. The van der Waals surface area contributed by atoms with E-state index in [0.29, 0.717) is 17.9 Å². The molecule has 0 aliphatic carbocycles. The van der Waals surface area contributed by atoms with Crippen LogP contribution in [0.4, 0.5) is 17.8 Å². The fraction of sp³-hybridized carbons (Fsp3) is 0.769. The first-order chi connectivity index (χ1) is 9.51. The highest BCUT2D eigenvalue weighted by Gasteiger charge is 2.22. The van der Waals surface area contributed by atoms with Crippen molar-refractivity contribution in [2.24, 2.45) is 0 Å². The highest BCUT2D eigenvalue weighted by molar-refractivity contribution is 5.43. The van der Waals surface area contributed by atoms with E-state index in [1.54, 1.807) is 0 Å². The van der Waals surface area contributed by atoms with Gasteiger partial charge in [-0.1, -0.05) is 6.92 Å². The third-order valence-corrected chi connectivity index (χ3v) is 3.84. The third-order valence-electron chi connectivity index (χ3n) is 3.84. The van der Waals surface area contributed by atoms with E-state index in [4.69, 9.17) is 5.73 Å². The van der Waals surface area contributed by atoms with Crippen LogP contribution in [-0.4, -0.2) is 66.2 Å². The Morgan fingerprint density at radius 1 is 1.15 bits per heavy atom. The summed E-state index contributed by atoms with van der Waals surface area (Å²) >= 11 is 0. The molecular formula is C13H25N7. The first-order valence-electron chi connectivity index (χ1n) is 7.19. The summed E-state index contributed by atoms with van der Waals surface area (Å²) in [6, 6.07) is 0.637. The second-order valence-electron chi connectivity index (χ2n) is 5.47. The fourth-order valence-corrected chi connectivity index (χ4v) is 2.33. The van der Waals surface area contributed by atoms with Gasteiger partial charge in [0.25, 0.3) is 0 Å². The summed E-state index contributed by atoms with van der Waals surface area (Å²) < 4.78 is 0. The molecule has 2 rings (SSSR count). The van der Waals surface area contributed by atoms with Crippen LogP contribution in [0.15, 0.2) is 0 Å². The van der Waals surface area contributed by atoms with Crippen LogP contribution >= 0.6 is 0 Å². The summed E-state index contributed by atoms with van der Waals surface area (Å²) in [5, 5.41) is 0. The molecular weight excluding hydrogens is 254 g/mol. The molecule has 1 atom stereocenters. The van der Waals surface area contributed by atoms with Gasteiger partial charge in [0.1, 0.15) is 0 Å². The smallest absolute Gasteiger partial charge is 0.232 e. The molecule has 7 nitrogen and oxygen atoms in total. The van der Waals surface area contributed by atoms with Crippen molar-refractivity contribution in [3.05, 3.63) is 0 Å². The van der Waals surface area contributed by atoms with Crippen molar-refractivity contribution in [2.75, 3.05) is 55.8 Å². The second-order valence-corrected chi connectivity index (χ2v) is 5.47. The molecule has 112 valence electrons. The lowest BCUT2D eigenvalue weighted by Gasteiger charge is -2.37. The predicted molar refractivity (Wildman–Crippen MR) is 82.1 cm³/mol. The normalized spacial score (nSPS) is 18.1. The van der Waals surface area contributed by atoms with E-state index in [-0.39, 0.29) is 5.95 Å². The second kappa shape index (κ2) is 6.21. The molecule has 0 aromatic carbocycles. The van der Waals surface area contributed by atoms with Crippen LogP contribution in [0.3, 0.4) is 0 Å². The van der Waals surface area contributed by atoms with Gasteiger partial charge in [-0.3, -0.25) is 4.90 Å². The van der Waals surface area contributed by atoms with Gasteiger partial charge in [-0.15, -0.1) is 0 Å². The Hall–Kier alpha value is -1.63. The first-order valence-corrected chi connectivity index (χ1v) is 7.19. The minimum atomic E-state index is 0.281. The molecule has 0 amide bonds. The minimum absolute atomic E-state index is 0.281. The summed E-state index contributed by atoms with van der Waals surface area (Å²) in [4.78, 5) is 19.4. The van der Waals surface area contributed by atoms with Crippen molar-refractivity contribution in [3.63, 3.8) is 0 Å². The topological polar surface area (TPSA) is 74.4 Å². The van der Waals surface area contributed by atoms with Crippen LogP contribution in [-0.2, 0) is 0 Å². The van der Waals surface area contributed by atoms with Gasteiger partial charge in [0.15, 0.2) is 0 Å². The maximum absolute atomic E-state index is 5.77. The van der Waals surface area contributed by atoms with Crippen molar-refractivity contribution >= 4 is 17.8 Å². The first kappa shape index (κ1) is 14.8. The Bertz CT molecular complexity index is 440. The number of anilines is 3. The minimum Gasteiger partial charge on any atom is -0.368 e. The van der Waals surface area contributed by atoms with E-state index >= 15 is 0 Å². The predicted octanol–water partition coefficient (Wildman–Crippen LogP) is 0.440. The standard InChI is InChI=1S/C13H25N7/c1-5-10(2)19-6-8-20(9-7-19)13-16-11(14)15-12(17-13)18(3)4/h10H,5-9H2,1-4H3,(H2,14,15,16,17). The zero-order chi connectivity index (χ0) is 14.7. The molecule has 7 heteroatoms. The average molecular weight is 279 g/mol. The number of aromatic nitrogens is 3. The Kier molecular flexibility index (Phi) is 4.59. The lowest BCUT2D eigenvalue weighted by molar-refractivity contribution is 0.192. The van der Waals surface area contributed by atoms with Gasteiger partial charge in [-0.05, 0) is 13.3 Å². The molecule has 1 fully saturated rings. The molecule has 20 heavy (non-hydrogen) atoms. The third kappa shape index (κ3) is 3.27. The van der Waals surface area contributed by atoms with Gasteiger partial charge >= 0.3 is 0 Å². The van der Waals surface area contributed by atoms with Crippen LogP contribution in [0.25, 0.3) is 0 Å². The highest BCUT2D eigenvalue weighted by Crippen LogP contribution is 2.17. The van der Waals surface area contributed by atoms with Gasteiger partial charge in [0.05, 0.1) is 0 Å². The van der Waals surface area contributed by atoms with Gasteiger partial charge in [0.2, 0.25) is 17.8 Å².